The highest BCUT2D eigenvalue weighted by molar-refractivity contribution is 6.00. The summed E-state index contributed by atoms with van der Waals surface area (Å²) in [6, 6.07) is 10.7. The number of aryl methyl sites for hydroxylation is 1. The summed E-state index contributed by atoms with van der Waals surface area (Å²) in [6.45, 7) is -1.80. The molecule has 0 radical (unpaired) electrons. The topological polar surface area (TPSA) is 119 Å². The zero-order valence-electron chi connectivity index (χ0n) is 17.0. The summed E-state index contributed by atoms with van der Waals surface area (Å²) in [6.07, 6.45) is 0. The Balaban J connectivity index is 1.53. The van der Waals surface area contributed by atoms with Crippen molar-refractivity contribution in [2.24, 2.45) is 0 Å². The fraction of sp³-hybridized carbons (Fsp3) is 0.190. The van der Waals surface area contributed by atoms with E-state index in [1.807, 2.05) is 6.07 Å². The number of rotatable bonds is 7. The minimum atomic E-state index is -3.05. The minimum absolute atomic E-state index is 0.0498. The molecule has 0 bridgehead atoms. The van der Waals surface area contributed by atoms with Crippen molar-refractivity contribution in [1.82, 2.24) is 16.2 Å². The number of carbonyl (C=O) groups is 3. The number of nitrogens with one attached hydrogen (secondary N) is 3. The lowest BCUT2D eigenvalue weighted by atomic mass is 10.1. The molecule has 11 heteroatoms. The van der Waals surface area contributed by atoms with Crippen LogP contribution in [0.4, 0.5) is 8.78 Å². The van der Waals surface area contributed by atoms with Crippen LogP contribution in [0.15, 0.2) is 46.9 Å². The minimum Gasteiger partial charge on any atom is -0.493 e. The van der Waals surface area contributed by atoms with E-state index in [0.29, 0.717) is 11.1 Å². The molecular formula is C21H19F2N3O6. The van der Waals surface area contributed by atoms with Crippen LogP contribution >= 0.6 is 0 Å². The first-order chi connectivity index (χ1) is 15.3. The van der Waals surface area contributed by atoms with Gasteiger partial charge >= 0.3 is 12.5 Å². The molecule has 1 heterocycles. The molecule has 3 rings (SSSR count). The number of ether oxygens (including phenoxy) is 2. The van der Waals surface area contributed by atoms with Crippen molar-refractivity contribution in [3.05, 3.63) is 59.4 Å². The number of hydrazine groups is 1. The van der Waals surface area contributed by atoms with Crippen LogP contribution in [0.2, 0.25) is 0 Å². The lowest BCUT2D eigenvalue weighted by molar-refractivity contribution is -0.120. The Bertz CT molecular complexity index is 1160. The molecule has 168 valence electrons. The molecule has 3 aromatic rings. The number of alkyl halides is 2. The van der Waals surface area contributed by atoms with Crippen LogP contribution in [0, 0.1) is 6.92 Å². The summed E-state index contributed by atoms with van der Waals surface area (Å²) in [5.74, 6) is -2.28. The summed E-state index contributed by atoms with van der Waals surface area (Å²) in [7, 11) is 1.23. The number of furan rings is 1. The number of benzene rings is 2. The first-order valence-corrected chi connectivity index (χ1v) is 9.28. The van der Waals surface area contributed by atoms with Gasteiger partial charge in [0.15, 0.2) is 17.3 Å². The molecule has 0 spiro atoms. The molecular weight excluding hydrogens is 428 g/mol. The molecule has 0 aliphatic rings. The Morgan fingerprint density at radius 3 is 2.47 bits per heavy atom. The Hall–Kier alpha value is -4.15. The molecule has 0 aliphatic carbocycles. The van der Waals surface area contributed by atoms with Gasteiger partial charge < -0.3 is 19.2 Å². The number of halogens is 2. The van der Waals surface area contributed by atoms with E-state index in [1.54, 1.807) is 25.1 Å². The van der Waals surface area contributed by atoms with Crippen molar-refractivity contribution in [2.45, 2.75) is 13.5 Å². The maximum atomic E-state index is 12.4. The van der Waals surface area contributed by atoms with Crippen molar-refractivity contribution in [2.75, 3.05) is 13.7 Å². The highest BCUT2D eigenvalue weighted by atomic mass is 19.3. The van der Waals surface area contributed by atoms with E-state index in [9.17, 15) is 23.2 Å². The molecule has 1 aromatic heterocycles. The molecule has 0 atom stereocenters. The van der Waals surface area contributed by atoms with E-state index in [4.69, 9.17) is 9.15 Å². The van der Waals surface area contributed by atoms with E-state index < -0.39 is 30.9 Å². The predicted octanol–water partition coefficient (Wildman–Crippen LogP) is 2.54. The maximum Gasteiger partial charge on any atom is 0.387 e. The van der Waals surface area contributed by atoms with Gasteiger partial charge in [-0.05, 0) is 31.2 Å². The molecule has 9 nitrogen and oxygen atoms in total. The van der Waals surface area contributed by atoms with Gasteiger partial charge in [0, 0.05) is 16.5 Å². The van der Waals surface area contributed by atoms with E-state index in [1.165, 1.54) is 19.2 Å². The van der Waals surface area contributed by atoms with E-state index in [-0.39, 0.29) is 22.8 Å². The molecule has 0 saturated heterocycles. The second-order valence-corrected chi connectivity index (χ2v) is 6.48. The normalized spacial score (nSPS) is 10.7. The van der Waals surface area contributed by atoms with Gasteiger partial charge in [-0.1, -0.05) is 18.2 Å². The first-order valence-electron chi connectivity index (χ1n) is 9.28. The molecule has 2 aromatic carbocycles. The molecule has 0 saturated carbocycles. The number of para-hydroxylation sites is 1. The Labute approximate surface area is 180 Å². The van der Waals surface area contributed by atoms with Crippen molar-refractivity contribution in [3.8, 4) is 11.5 Å². The van der Waals surface area contributed by atoms with Gasteiger partial charge in [0.25, 0.3) is 11.8 Å². The van der Waals surface area contributed by atoms with Crippen LogP contribution in [0.3, 0.4) is 0 Å². The van der Waals surface area contributed by atoms with Crippen molar-refractivity contribution >= 4 is 28.7 Å². The zero-order chi connectivity index (χ0) is 23.3. The number of amides is 3. The average molecular weight is 447 g/mol. The number of hydrogen-bond donors (Lipinski definition) is 3. The number of hydrogen-bond acceptors (Lipinski definition) is 6. The second kappa shape index (κ2) is 9.77. The quantitative estimate of drug-likeness (QED) is 0.479. The molecule has 0 aliphatic heterocycles. The highest BCUT2D eigenvalue weighted by Gasteiger charge is 2.18. The standard InChI is InChI=1S/C21H19F2N3O6/c1-11-13-5-3-4-6-14(13)31-18(11)20(29)26-25-17(27)10-24-19(28)12-7-8-15(32-21(22)23)16(9-12)30-2/h3-9,21H,10H2,1-2H3,(H,24,28)(H,25,27)(H,26,29). The summed E-state index contributed by atoms with van der Waals surface area (Å²) in [5, 5.41) is 3.11. The van der Waals surface area contributed by atoms with Gasteiger partial charge in [-0.25, -0.2) is 0 Å². The SMILES string of the molecule is COc1cc(C(=O)NCC(=O)NNC(=O)c2oc3ccccc3c2C)ccc1OC(F)F. The van der Waals surface area contributed by atoms with Gasteiger partial charge in [0.05, 0.1) is 13.7 Å². The highest BCUT2D eigenvalue weighted by Crippen LogP contribution is 2.29. The number of methoxy groups -OCH3 is 1. The predicted molar refractivity (Wildman–Crippen MR) is 109 cm³/mol. The fourth-order valence-electron chi connectivity index (χ4n) is 2.88. The third-order valence-corrected chi connectivity index (χ3v) is 4.42. The fourth-order valence-corrected chi connectivity index (χ4v) is 2.88. The van der Waals surface area contributed by atoms with Crippen LogP contribution in [-0.2, 0) is 4.79 Å². The third-order valence-electron chi connectivity index (χ3n) is 4.42. The monoisotopic (exact) mass is 447 g/mol. The van der Waals surface area contributed by atoms with Crippen LogP contribution in [0.25, 0.3) is 11.0 Å². The van der Waals surface area contributed by atoms with E-state index in [2.05, 4.69) is 20.9 Å². The number of fused-ring (bicyclic) bond motifs is 1. The molecule has 3 N–H and O–H groups in total. The largest absolute Gasteiger partial charge is 0.493 e. The molecule has 0 fully saturated rings. The van der Waals surface area contributed by atoms with E-state index in [0.717, 1.165) is 11.5 Å². The van der Waals surface area contributed by atoms with Crippen molar-refractivity contribution < 1.29 is 37.1 Å². The third kappa shape index (κ3) is 5.12. The smallest absolute Gasteiger partial charge is 0.387 e. The van der Waals surface area contributed by atoms with Crippen LogP contribution in [-0.4, -0.2) is 38.0 Å². The summed E-state index contributed by atoms with van der Waals surface area (Å²) in [4.78, 5) is 36.5. The Morgan fingerprint density at radius 1 is 1.03 bits per heavy atom. The zero-order valence-corrected chi connectivity index (χ0v) is 17.0. The van der Waals surface area contributed by atoms with Gasteiger partial charge in [-0.2, -0.15) is 8.78 Å². The van der Waals surface area contributed by atoms with Crippen LogP contribution in [0.1, 0.15) is 26.5 Å². The lowest BCUT2D eigenvalue weighted by Gasteiger charge is -2.11. The Morgan fingerprint density at radius 2 is 1.78 bits per heavy atom. The van der Waals surface area contributed by atoms with Gasteiger partial charge in [0.2, 0.25) is 0 Å². The Kier molecular flexibility index (Phi) is 6.88. The van der Waals surface area contributed by atoms with Gasteiger partial charge in [-0.15, -0.1) is 0 Å². The van der Waals surface area contributed by atoms with Crippen molar-refractivity contribution in [1.29, 1.82) is 0 Å². The molecule has 32 heavy (non-hydrogen) atoms. The summed E-state index contributed by atoms with van der Waals surface area (Å²) in [5.41, 5.74) is 5.60. The molecule has 3 amide bonds. The van der Waals surface area contributed by atoms with Crippen molar-refractivity contribution in [3.63, 3.8) is 0 Å². The van der Waals surface area contributed by atoms with E-state index >= 15 is 0 Å². The van der Waals surface area contributed by atoms with Crippen LogP contribution in [0.5, 0.6) is 11.5 Å². The average Bonchev–Trinajstić information content (AvgIpc) is 3.12. The summed E-state index contributed by atoms with van der Waals surface area (Å²) >= 11 is 0. The summed E-state index contributed by atoms with van der Waals surface area (Å²) < 4.78 is 39.5. The second-order valence-electron chi connectivity index (χ2n) is 6.48. The van der Waals surface area contributed by atoms with Gasteiger partial charge in [-0.3, -0.25) is 25.2 Å². The van der Waals surface area contributed by atoms with Gasteiger partial charge in [0.1, 0.15) is 5.58 Å². The molecule has 0 unspecified atom stereocenters. The lowest BCUT2D eigenvalue weighted by Crippen LogP contribution is -2.46. The number of carbonyl (C=O) groups excluding carboxylic acids is 3. The maximum absolute atomic E-state index is 12.4. The van der Waals surface area contributed by atoms with Crippen LogP contribution < -0.4 is 25.6 Å². The first kappa shape index (κ1) is 22.5.